The highest BCUT2D eigenvalue weighted by Gasteiger charge is 2.19. The summed E-state index contributed by atoms with van der Waals surface area (Å²) in [6, 6.07) is 56.7. The number of ether oxygens (including phenoxy) is 1. The zero-order valence-electron chi connectivity index (χ0n) is 30.0. The molecule has 51 heavy (non-hydrogen) atoms. The molecular formula is C49H43NO. The molecule has 2 heteroatoms. The van der Waals surface area contributed by atoms with Crippen molar-refractivity contribution >= 4 is 51.1 Å². The van der Waals surface area contributed by atoms with Gasteiger partial charge in [0.2, 0.25) is 0 Å². The van der Waals surface area contributed by atoms with Crippen LogP contribution in [0.3, 0.4) is 0 Å². The molecule has 0 N–H and O–H groups in total. The molecular weight excluding hydrogens is 619 g/mol. The first kappa shape index (κ1) is 33.4. The molecule has 0 spiro atoms. The van der Waals surface area contributed by atoms with Crippen molar-refractivity contribution < 1.29 is 4.74 Å². The molecule has 7 aromatic carbocycles. The van der Waals surface area contributed by atoms with Crippen molar-refractivity contribution in [2.45, 2.75) is 27.7 Å². The quantitative estimate of drug-likeness (QED) is 0.143. The fraction of sp³-hybridized carbons (Fsp3) is 0.102. The number of anilines is 3. The first-order valence-electron chi connectivity index (χ1n) is 17.5. The van der Waals surface area contributed by atoms with Crippen LogP contribution in [0.1, 0.15) is 51.4 Å². The minimum absolute atomic E-state index is 0.846. The van der Waals surface area contributed by atoms with Gasteiger partial charge in [0.05, 0.1) is 12.8 Å². The highest BCUT2D eigenvalue weighted by atomic mass is 16.5. The van der Waals surface area contributed by atoms with Crippen LogP contribution in [0.4, 0.5) is 17.1 Å². The fourth-order valence-corrected chi connectivity index (χ4v) is 6.75. The zero-order valence-corrected chi connectivity index (χ0v) is 30.0. The Balaban J connectivity index is 1.38. The van der Waals surface area contributed by atoms with Crippen LogP contribution in [0.25, 0.3) is 34.1 Å². The Hall–Kier alpha value is -6.12. The maximum absolute atomic E-state index is 5.61. The Morgan fingerprint density at radius 1 is 0.529 bits per heavy atom. The van der Waals surface area contributed by atoms with E-state index < -0.39 is 0 Å². The number of fused-ring (bicyclic) bond motifs is 1. The standard InChI is InChI=1S/C49H43NO/c1-34-15-21-40(22-16-34)47(41-23-17-35(2)18-24-41)33-42-25-29-49(46-14-10-9-13-45(42)46)50(48-30-28-44(51-5)32-37(48)4)43-26-19-38(20-27-43)31-36(3)39-11-7-6-8-12-39/h6-33H,1-5H3/b36-31-. The molecule has 0 unspecified atom stereocenters. The highest BCUT2D eigenvalue weighted by Crippen LogP contribution is 2.43. The summed E-state index contributed by atoms with van der Waals surface area (Å²) in [5.74, 6) is 0.846. The molecule has 2 nitrogen and oxygen atoms in total. The Labute approximate surface area is 302 Å². The number of hydrogen-bond acceptors (Lipinski definition) is 2. The number of aryl methyl sites for hydroxylation is 3. The molecule has 250 valence electrons. The number of benzene rings is 7. The van der Waals surface area contributed by atoms with Crippen molar-refractivity contribution in [2.24, 2.45) is 0 Å². The number of methoxy groups -OCH3 is 1. The zero-order chi connectivity index (χ0) is 35.3. The Morgan fingerprint density at radius 3 is 1.73 bits per heavy atom. The van der Waals surface area contributed by atoms with Crippen LogP contribution in [0.2, 0.25) is 0 Å². The number of allylic oxidation sites excluding steroid dienone is 1. The third kappa shape index (κ3) is 7.27. The molecule has 0 atom stereocenters. The summed E-state index contributed by atoms with van der Waals surface area (Å²) in [6.45, 7) is 8.59. The van der Waals surface area contributed by atoms with Crippen molar-refractivity contribution in [3.63, 3.8) is 0 Å². The van der Waals surface area contributed by atoms with Crippen LogP contribution >= 0.6 is 0 Å². The maximum atomic E-state index is 5.61. The predicted molar refractivity (Wildman–Crippen MR) is 219 cm³/mol. The van der Waals surface area contributed by atoms with E-state index >= 15 is 0 Å². The minimum atomic E-state index is 0.846. The number of hydrogen-bond donors (Lipinski definition) is 0. The average molecular weight is 662 g/mol. The van der Waals surface area contributed by atoms with Crippen LogP contribution in [-0.4, -0.2) is 7.11 Å². The van der Waals surface area contributed by atoms with Gasteiger partial charge in [-0.25, -0.2) is 0 Å². The smallest absolute Gasteiger partial charge is 0.119 e. The monoisotopic (exact) mass is 661 g/mol. The van der Waals surface area contributed by atoms with Gasteiger partial charge < -0.3 is 9.64 Å². The Morgan fingerprint density at radius 2 is 1.12 bits per heavy atom. The van der Waals surface area contributed by atoms with Crippen LogP contribution in [-0.2, 0) is 0 Å². The lowest BCUT2D eigenvalue weighted by Crippen LogP contribution is -2.12. The fourth-order valence-electron chi connectivity index (χ4n) is 6.75. The SMILES string of the molecule is COc1ccc(N(c2ccc(/C=C(/C)c3ccccc3)cc2)c2ccc(C=C(c3ccc(C)cc3)c3ccc(C)cc3)c3ccccc23)c(C)c1. The van der Waals surface area contributed by atoms with Gasteiger partial charge >= 0.3 is 0 Å². The van der Waals surface area contributed by atoms with Gasteiger partial charge in [-0.3, -0.25) is 0 Å². The first-order valence-corrected chi connectivity index (χ1v) is 17.5. The van der Waals surface area contributed by atoms with Crippen LogP contribution in [0, 0.1) is 20.8 Å². The van der Waals surface area contributed by atoms with Crippen LogP contribution in [0.5, 0.6) is 5.75 Å². The van der Waals surface area contributed by atoms with Crippen molar-refractivity contribution in [3.05, 3.63) is 202 Å². The molecule has 0 aliphatic rings. The van der Waals surface area contributed by atoms with Crippen LogP contribution < -0.4 is 9.64 Å². The van der Waals surface area contributed by atoms with Gasteiger partial charge in [-0.2, -0.15) is 0 Å². The van der Waals surface area contributed by atoms with E-state index in [0.717, 1.165) is 33.9 Å². The first-order chi connectivity index (χ1) is 24.9. The lowest BCUT2D eigenvalue weighted by Gasteiger charge is -2.29. The van der Waals surface area contributed by atoms with Gasteiger partial charge in [0.25, 0.3) is 0 Å². The lowest BCUT2D eigenvalue weighted by molar-refractivity contribution is 0.414. The van der Waals surface area contributed by atoms with Gasteiger partial charge in [0.15, 0.2) is 0 Å². The molecule has 7 aromatic rings. The van der Waals surface area contributed by atoms with Crippen molar-refractivity contribution in [2.75, 3.05) is 12.0 Å². The van der Waals surface area contributed by atoms with Gasteiger partial charge in [-0.15, -0.1) is 0 Å². The molecule has 7 rings (SSSR count). The Kier molecular flexibility index (Phi) is 9.67. The highest BCUT2D eigenvalue weighted by molar-refractivity contribution is 6.06. The summed E-state index contributed by atoms with van der Waals surface area (Å²) in [4.78, 5) is 2.38. The minimum Gasteiger partial charge on any atom is -0.497 e. The molecule has 0 saturated heterocycles. The van der Waals surface area contributed by atoms with E-state index in [1.807, 2.05) is 6.07 Å². The molecule has 0 aliphatic heterocycles. The van der Waals surface area contributed by atoms with Crippen molar-refractivity contribution in [1.29, 1.82) is 0 Å². The van der Waals surface area contributed by atoms with E-state index in [1.54, 1.807) is 7.11 Å². The van der Waals surface area contributed by atoms with E-state index in [9.17, 15) is 0 Å². The summed E-state index contributed by atoms with van der Waals surface area (Å²) in [6.07, 6.45) is 4.60. The summed E-state index contributed by atoms with van der Waals surface area (Å²) >= 11 is 0. The van der Waals surface area contributed by atoms with Crippen molar-refractivity contribution in [1.82, 2.24) is 0 Å². The van der Waals surface area contributed by atoms with Crippen LogP contribution in [0.15, 0.2) is 158 Å². The van der Waals surface area contributed by atoms with E-state index in [0.29, 0.717) is 0 Å². The van der Waals surface area contributed by atoms with Gasteiger partial charge in [0, 0.05) is 16.8 Å². The van der Waals surface area contributed by atoms with E-state index in [1.165, 1.54) is 55.3 Å². The topological polar surface area (TPSA) is 12.5 Å². The average Bonchev–Trinajstić information content (AvgIpc) is 3.17. The second-order valence-corrected chi connectivity index (χ2v) is 13.3. The molecule has 0 heterocycles. The molecule has 0 aromatic heterocycles. The normalized spacial score (nSPS) is 11.4. The van der Waals surface area contributed by atoms with E-state index in [4.69, 9.17) is 4.74 Å². The van der Waals surface area contributed by atoms with E-state index in [2.05, 4.69) is 196 Å². The van der Waals surface area contributed by atoms with Gasteiger partial charge in [-0.05, 0) is 120 Å². The lowest BCUT2D eigenvalue weighted by atomic mass is 9.92. The maximum Gasteiger partial charge on any atom is 0.119 e. The second-order valence-electron chi connectivity index (χ2n) is 13.3. The molecule has 0 amide bonds. The molecule has 0 saturated carbocycles. The third-order valence-corrected chi connectivity index (χ3v) is 9.61. The largest absolute Gasteiger partial charge is 0.497 e. The summed E-state index contributed by atoms with van der Waals surface area (Å²) in [7, 11) is 1.72. The second kappa shape index (κ2) is 14.8. The Bertz CT molecular complexity index is 2300. The molecule has 0 bridgehead atoms. The number of nitrogens with zero attached hydrogens (tertiary/aromatic N) is 1. The molecule has 0 aliphatic carbocycles. The number of rotatable bonds is 9. The van der Waals surface area contributed by atoms with Gasteiger partial charge in [-0.1, -0.05) is 139 Å². The molecule has 0 fully saturated rings. The summed E-state index contributed by atoms with van der Waals surface area (Å²) < 4.78 is 5.61. The summed E-state index contributed by atoms with van der Waals surface area (Å²) in [5.41, 5.74) is 15.3. The predicted octanol–water partition coefficient (Wildman–Crippen LogP) is 13.4. The van der Waals surface area contributed by atoms with Crippen molar-refractivity contribution in [3.8, 4) is 5.75 Å². The summed E-state index contributed by atoms with van der Waals surface area (Å²) in [5, 5.41) is 2.37. The van der Waals surface area contributed by atoms with Gasteiger partial charge in [0.1, 0.15) is 5.75 Å². The third-order valence-electron chi connectivity index (χ3n) is 9.61. The molecule has 0 radical (unpaired) electrons. The van der Waals surface area contributed by atoms with E-state index in [-0.39, 0.29) is 0 Å².